The van der Waals surface area contributed by atoms with E-state index < -0.39 is 17.6 Å². The van der Waals surface area contributed by atoms with E-state index >= 15 is 0 Å². The molecule has 1 rings (SSSR count). The maximum absolute atomic E-state index is 11.3. The largest absolute Gasteiger partial charge is 0.497 e. The van der Waals surface area contributed by atoms with Gasteiger partial charge in [-0.05, 0) is 31.0 Å². The van der Waals surface area contributed by atoms with Gasteiger partial charge in [0, 0.05) is 6.54 Å². The molecule has 5 heteroatoms. The van der Waals surface area contributed by atoms with Crippen LogP contribution in [0.5, 0.6) is 5.75 Å². The number of aliphatic carboxylic acids is 1. The third-order valence-corrected chi connectivity index (χ3v) is 3.39. The van der Waals surface area contributed by atoms with Crippen LogP contribution in [0.4, 0.5) is 0 Å². The van der Waals surface area contributed by atoms with E-state index in [1.165, 1.54) is 0 Å². The highest BCUT2D eigenvalue weighted by Crippen LogP contribution is 2.20. The van der Waals surface area contributed by atoms with Crippen LogP contribution in [-0.4, -0.2) is 35.4 Å². The van der Waals surface area contributed by atoms with Crippen molar-refractivity contribution in [3.8, 4) is 5.75 Å². The molecule has 5 nitrogen and oxygen atoms in total. The topological polar surface area (TPSA) is 78.8 Å². The first-order valence-electron chi connectivity index (χ1n) is 6.73. The number of benzene rings is 1. The Morgan fingerprint density at radius 1 is 1.50 bits per heavy atom. The quantitative estimate of drug-likeness (QED) is 0.679. The summed E-state index contributed by atoms with van der Waals surface area (Å²) in [5.74, 6) is -0.242. The molecule has 0 aliphatic rings. The second-order valence-electron chi connectivity index (χ2n) is 5.06. The van der Waals surface area contributed by atoms with Crippen LogP contribution in [0.1, 0.15) is 38.4 Å². The fourth-order valence-electron chi connectivity index (χ4n) is 2.06. The number of nitrogens with one attached hydrogen (secondary N) is 1. The second-order valence-corrected chi connectivity index (χ2v) is 5.06. The van der Waals surface area contributed by atoms with Crippen LogP contribution in [0.3, 0.4) is 0 Å². The van der Waals surface area contributed by atoms with Crippen LogP contribution in [0.2, 0.25) is 0 Å². The number of methoxy groups -OCH3 is 1. The number of aliphatic hydroxyl groups is 1. The zero-order valence-electron chi connectivity index (χ0n) is 12.2. The van der Waals surface area contributed by atoms with Gasteiger partial charge in [-0.25, -0.2) is 0 Å². The lowest BCUT2D eigenvalue weighted by Gasteiger charge is -2.27. The van der Waals surface area contributed by atoms with E-state index in [4.69, 9.17) is 4.74 Å². The number of carboxylic acid groups (broad SMARTS) is 1. The summed E-state index contributed by atoms with van der Waals surface area (Å²) >= 11 is 0. The fraction of sp³-hybridized carbons (Fsp3) is 0.533. The lowest BCUT2D eigenvalue weighted by molar-refractivity contribution is -0.144. The SMILES string of the molecule is CCCC(C)(NCC(O)c1cccc(OC)c1)C(=O)O. The first-order chi connectivity index (χ1) is 9.42. The van der Waals surface area contributed by atoms with Gasteiger partial charge in [0.1, 0.15) is 11.3 Å². The molecule has 20 heavy (non-hydrogen) atoms. The van der Waals surface area contributed by atoms with E-state index in [-0.39, 0.29) is 6.54 Å². The van der Waals surface area contributed by atoms with Gasteiger partial charge in [0.15, 0.2) is 0 Å². The molecule has 112 valence electrons. The summed E-state index contributed by atoms with van der Waals surface area (Å²) in [5.41, 5.74) is -0.324. The molecule has 0 aliphatic carbocycles. The lowest BCUT2D eigenvalue weighted by atomic mass is 9.95. The summed E-state index contributed by atoms with van der Waals surface area (Å²) < 4.78 is 5.10. The lowest BCUT2D eigenvalue weighted by Crippen LogP contribution is -2.50. The third-order valence-electron chi connectivity index (χ3n) is 3.39. The van der Waals surface area contributed by atoms with Crippen LogP contribution >= 0.6 is 0 Å². The minimum Gasteiger partial charge on any atom is -0.497 e. The molecule has 0 aromatic heterocycles. The average molecular weight is 281 g/mol. The number of rotatable bonds is 8. The molecule has 0 bridgehead atoms. The summed E-state index contributed by atoms with van der Waals surface area (Å²) in [7, 11) is 1.56. The maximum atomic E-state index is 11.3. The van der Waals surface area contributed by atoms with Crippen molar-refractivity contribution in [3.63, 3.8) is 0 Å². The van der Waals surface area contributed by atoms with E-state index in [1.807, 2.05) is 6.92 Å². The molecule has 3 N–H and O–H groups in total. The zero-order valence-corrected chi connectivity index (χ0v) is 12.2. The minimum absolute atomic E-state index is 0.177. The van der Waals surface area contributed by atoms with Crippen LogP contribution in [-0.2, 0) is 4.79 Å². The van der Waals surface area contributed by atoms with Crippen LogP contribution in [0, 0.1) is 0 Å². The van der Waals surface area contributed by atoms with Crippen molar-refractivity contribution in [1.29, 1.82) is 0 Å². The zero-order chi connectivity index (χ0) is 15.2. The molecule has 0 saturated carbocycles. The molecule has 1 aromatic rings. The number of carboxylic acids is 1. The normalized spacial score (nSPS) is 15.4. The molecule has 0 aliphatic heterocycles. The Hall–Kier alpha value is -1.59. The molecule has 0 spiro atoms. The first kappa shape index (κ1) is 16.5. The Morgan fingerprint density at radius 3 is 2.75 bits per heavy atom. The van der Waals surface area contributed by atoms with E-state index in [1.54, 1.807) is 38.3 Å². The molecular formula is C15H23NO4. The van der Waals surface area contributed by atoms with Crippen LogP contribution in [0.15, 0.2) is 24.3 Å². The predicted octanol–water partition coefficient (Wildman–Crippen LogP) is 1.96. The van der Waals surface area contributed by atoms with Crippen molar-refractivity contribution < 1.29 is 19.7 Å². The third kappa shape index (κ3) is 4.21. The van der Waals surface area contributed by atoms with Gasteiger partial charge in [0.2, 0.25) is 0 Å². The van der Waals surface area contributed by atoms with E-state index in [0.29, 0.717) is 17.7 Å². The van der Waals surface area contributed by atoms with Gasteiger partial charge in [-0.3, -0.25) is 10.1 Å². The van der Waals surface area contributed by atoms with Gasteiger partial charge < -0.3 is 14.9 Å². The number of hydrogen-bond acceptors (Lipinski definition) is 4. The Balaban J connectivity index is 2.69. The summed E-state index contributed by atoms with van der Waals surface area (Å²) in [6, 6.07) is 7.11. The van der Waals surface area contributed by atoms with Crippen molar-refractivity contribution in [1.82, 2.24) is 5.32 Å². The standard InChI is InChI=1S/C15H23NO4/c1-4-8-15(2,14(18)19)16-10-13(17)11-6-5-7-12(9-11)20-3/h5-7,9,13,16-17H,4,8,10H2,1-3H3,(H,18,19). The van der Waals surface area contributed by atoms with Gasteiger partial charge in [-0.1, -0.05) is 25.5 Å². The Bertz CT molecular complexity index is 449. The maximum Gasteiger partial charge on any atom is 0.323 e. The van der Waals surface area contributed by atoms with Crippen molar-refractivity contribution in [2.45, 2.75) is 38.3 Å². The first-order valence-corrected chi connectivity index (χ1v) is 6.73. The predicted molar refractivity (Wildman–Crippen MR) is 76.9 cm³/mol. The van der Waals surface area contributed by atoms with Crippen LogP contribution in [0.25, 0.3) is 0 Å². The van der Waals surface area contributed by atoms with Gasteiger partial charge in [0.05, 0.1) is 13.2 Å². The van der Waals surface area contributed by atoms with E-state index in [2.05, 4.69) is 5.32 Å². The van der Waals surface area contributed by atoms with Gasteiger partial charge in [0.25, 0.3) is 0 Å². The van der Waals surface area contributed by atoms with Crippen molar-refractivity contribution in [2.24, 2.45) is 0 Å². The molecule has 1 aromatic carbocycles. The number of hydrogen-bond donors (Lipinski definition) is 3. The van der Waals surface area contributed by atoms with Gasteiger partial charge in [-0.15, -0.1) is 0 Å². The van der Waals surface area contributed by atoms with E-state index in [9.17, 15) is 15.0 Å². The average Bonchev–Trinajstić information content (AvgIpc) is 2.45. The van der Waals surface area contributed by atoms with Crippen molar-refractivity contribution >= 4 is 5.97 Å². The summed E-state index contributed by atoms with van der Waals surface area (Å²) in [4.78, 5) is 11.3. The molecule has 0 fully saturated rings. The molecule has 0 saturated heterocycles. The highest BCUT2D eigenvalue weighted by molar-refractivity contribution is 5.78. The highest BCUT2D eigenvalue weighted by Gasteiger charge is 2.32. The number of ether oxygens (including phenoxy) is 1. The van der Waals surface area contributed by atoms with E-state index in [0.717, 1.165) is 6.42 Å². The van der Waals surface area contributed by atoms with Crippen molar-refractivity contribution in [3.05, 3.63) is 29.8 Å². The van der Waals surface area contributed by atoms with Gasteiger partial charge in [-0.2, -0.15) is 0 Å². The molecule has 0 heterocycles. The Kier molecular flexibility index (Phi) is 5.98. The number of carbonyl (C=O) groups is 1. The molecule has 2 unspecified atom stereocenters. The van der Waals surface area contributed by atoms with Crippen molar-refractivity contribution in [2.75, 3.05) is 13.7 Å². The highest BCUT2D eigenvalue weighted by atomic mass is 16.5. The summed E-state index contributed by atoms with van der Waals surface area (Å²) in [6.07, 6.45) is 0.485. The van der Waals surface area contributed by atoms with Crippen LogP contribution < -0.4 is 10.1 Å². The fourth-order valence-corrected chi connectivity index (χ4v) is 2.06. The molecule has 2 atom stereocenters. The molecule has 0 amide bonds. The molecule has 0 radical (unpaired) electrons. The smallest absolute Gasteiger partial charge is 0.323 e. The minimum atomic E-state index is -1.02. The number of β-amino-alcohol motifs (C(OH)–C–C–N with tert-alkyl or cyclic N) is 1. The Labute approximate surface area is 119 Å². The second kappa shape index (κ2) is 7.26. The number of aliphatic hydroxyl groups excluding tert-OH is 1. The molecular weight excluding hydrogens is 258 g/mol. The Morgan fingerprint density at radius 2 is 2.20 bits per heavy atom. The van der Waals surface area contributed by atoms with Gasteiger partial charge >= 0.3 is 5.97 Å². The summed E-state index contributed by atoms with van der Waals surface area (Å²) in [6.45, 7) is 3.74. The summed E-state index contributed by atoms with van der Waals surface area (Å²) in [5, 5.41) is 22.3. The monoisotopic (exact) mass is 281 g/mol.